The van der Waals surface area contributed by atoms with Gasteiger partial charge in [0.05, 0.1) is 17.4 Å². The van der Waals surface area contributed by atoms with Gasteiger partial charge in [0.15, 0.2) is 0 Å². The Hall–Kier alpha value is -1.62. The van der Waals surface area contributed by atoms with E-state index in [0.29, 0.717) is 5.33 Å². The van der Waals surface area contributed by atoms with Crippen LogP contribution in [0, 0.1) is 0 Å². The van der Waals surface area contributed by atoms with Crippen molar-refractivity contribution in [1.82, 2.24) is 9.97 Å². The number of aliphatic carboxylic acids is 1. The summed E-state index contributed by atoms with van der Waals surface area (Å²) < 4.78 is 0. The molecule has 1 aromatic heterocycles. The molecule has 1 aromatic carbocycles. The molecular weight excluding hydrogens is 272 g/mol. The van der Waals surface area contributed by atoms with Gasteiger partial charge in [0, 0.05) is 17.0 Å². The van der Waals surface area contributed by atoms with Crippen molar-refractivity contribution >= 4 is 39.0 Å². The van der Waals surface area contributed by atoms with Crippen LogP contribution in [-0.2, 0) is 10.1 Å². The van der Waals surface area contributed by atoms with Crippen LogP contribution in [0.4, 0.5) is 0 Å². The fourth-order valence-corrected chi connectivity index (χ4v) is 2.02. The van der Waals surface area contributed by atoms with E-state index >= 15 is 0 Å². The maximum atomic E-state index is 10.5. The summed E-state index contributed by atoms with van der Waals surface area (Å²) in [5.41, 5.74) is 3.53. The van der Waals surface area contributed by atoms with Gasteiger partial charge in [-0.15, -0.1) is 0 Å². The summed E-state index contributed by atoms with van der Waals surface area (Å²) in [6.07, 6.45) is 4.29. The van der Waals surface area contributed by atoms with Crippen LogP contribution in [0.3, 0.4) is 0 Å². The van der Waals surface area contributed by atoms with Gasteiger partial charge < -0.3 is 10.1 Å². The predicted octanol–water partition coefficient (Wildman–Crippen LogP) is 2.56. The first-order chi connectivity index (χ1) is 7.72. The fraction of sp³-hybridized carbons (Fsp3) is 0.0909. The van der Waals surface area contributed by atoms with Crippen molar-refractivity contribution in [2.24, 2.45) is 0 Å². The molecule has 2 aromatic rings. The maximum absolute atomic E-state index is 10.5. The van der Waals surface area contributed by atoms with Gasteiger partial charge >= 0.3 is 5.97 Å². The average Bonchev–Trinajstić information content (AvgIpc) is 2.73. The number of carboxylic acids is 1. The predicted molar refractivity (Wildman–Crippen MR) is 65.4 cm³/mol. The van der Waals surface area contributed by atoms with Gasteiger partial charge in [-0.2, -0.15) is 0 Å². The fourth-order valence-electron chi connectivity index (χ4n) is 1.53. The van der Waals surface area contributed by atoms with Crippen molar-refractivity contribution in [3.63, 3.8) is 0 Å². The molecule has 0 aliphatic heterocycles. The molecule has 0 saturated heterocycles. The summed E-state index contributed by atoms with van der Waals surface area (Å²) in [7, 11) is 0. The van der Waals surface area contributed by atoms with E-state index in [-0.39, 0.29) is 0 Å². The lowest BCUT2D eigenvalue weighted by atomic mass is 10.1. The molecule has 0 saturated carbocycles. The first kappa shape index (κ1) is 10.9. The molecule has 0 radical (unpaired) electrons. The summed E-state index contributed by atoms with van der Waals surface area (Å²) >= 11 is 3.37. The zero-order valence-corrected chi connectivity index (χ0v) is 9.86. The van der Waals surface area contributed by atoms with Crippen molar-refractivity contribution in [2.75, 3.05) is 0 Å². The van der Waals surface area contributed by atoms with Crippen LogP contribution >= 0.6 is 15.9 Å². The molecule has 2 N–H and O–H groups in total. The maximum Gasteiger partial charge on any atom is 0.328 e. The number of benzene rings is 1. The number of fused-ring (bicyclic) bond motifs is 1. The van der Waals surface area contributed by atoms with Gasteiger partial charge in [-0.3, -0.25) is 0 Å². The Morgan fingerprint density at radius 3 is 3.06 bits per heavy atom. The van der Waals surface area contributed by atoms with Gasteiger partial charge in [0.25, 0.3) is 0 Å². The molecule has 2 rings (SSSR count). The lowest BCUT2D eigenvalue weighted by Gasteiger charge is -2.02. The standard InChI is InChI=1S/C11H9BrN2O2/c12-5-7-1-3-9-11(14-6-13-9)8(7)2-4-10(15)16/h1-4,6H,5H2,(H,13,14)(H,15,16). The molecular formula is C11H9BrN2O2. The van der Waals surface area contributed by atoms with Gasteiger partial charge in [-0.25, -0.2) is 9.78 Å². The smallest absolute Gasteiger partial charge is 0.328 e. The number of aromatic nitrogens is 2. The van der Waals surface area contributed by atoms with Crippen molar-refractivity contribution in [1.29, 1.82) is 0 Å². The Labute approximate surface area is 100 Å². The summed E-state index contributed by atoms with van der Waals surface area (Å²) in [5.74, 6) is -0.965. The Morgan fingerprint density at radius 1 is 1.56 bits per heavy atom. The SMILES string of the molecule is O=C(O)C=Cc1c(CBr)ccc2[nH]cnc12. The largest absolute Gasteiger partial charge is 0.478 e. The number of hydrogen-bond donors (Lipinski definition) is 2. The molecule has 0 fully saturated rings. The minimum absolute atomic E-state index is 0.662. The third-order valence-electron chi connectivity index (χ3n) is 2.26. The van der Waals surface area contributed by atoms with Crippen LogP contribution in [0.5, 0.6) is 0 Å². The lowest BCUT2D eigenvalue weighted by Crippen LogP contribution is -1.90. The summed E-state index contributed by atoms with van der Waals surface area (Å²) in [6, 6.07) is 3.87. The first-order valence-corrected chi connectivity index (χ1v) is 5.76. The molecule has 0 aliphatic rings. The number of nitrogens with one attached hydrogen (secondary N) is 1. The number of H-pyrrole nitrogens is 1. The normalized spacial score (nSPS) is 11.3. The number of halogens is 1. The topological polar surface area (TPSA) is 66.0 Å². The minimum Gasteiger partial charge on any atom is -0.478 e. The number of imidazole rings is 1. The highest BCUT2D eigenvalue weighted by Gasteiger charge is 2.06. The van der Waals surface area contributed by atoms with Crippen molar-refractivity contribution in [3.05, 3.63) is 35.7 Å². The third-order valence-corrected chi connectivity index (χ3v) is 2.86. The molecule has 0 amide bonds. The summed E-state index contributed by atoms with van der Waals surface area (Å²) in [5, 5.41) is 9.30. The highest BCUT2D eigenvalue weighted by molar-refractivity contribution is 9.08. The van der Waals surface area contributed by atoms with E-state index in [1.54, 1.807) is 12.4 Å². The van der Waals surface area contributed by atoms with E-state index in [1.165, 1.54) is 0 Å². The van der Waals surface area contributed by atoms with Gasteiger partial charge in [0.1, 0.15) is 0 Å². The lowest BCUT2D eigenvalue weighted by molar-refractivity contribution is -0.131. The van der Waals surface area contributed by atoms with Gasteiger partial charge in [0.2, 0.25) is 0 Å². The third kappa shape index (κ3) is 1.99. The minimum atomic E-state index is -0.965. The first-order valence-electron chi connectivity index (χ1n) is 4.64. The molecule has 16 heavy (non-hydrogen) atoms. The Bertz CT molecular complexity index is 560. The quantitative estimate of drug-likeness (QED) is 0.671. The van der Waals surface area contributed by atoms with E-state index in [9.17, 15) is 4.79 Å². The summed E-state index contributed by atoms with van der Waals surface area (Å²) in [6.45, 7) is 0. The second-order valence-corrected chi connectivity index (χ2v) is 3.80. The number of carboxylic acid groups (broad SMARTS) is 1. The van der Waals surface area contributed by atoms with Crippen LogP contribution < -0.4 is 0 Å². The zero-order chi connectivity index (χ0) is 11.5. The Morgan fingerprint density at radius 2 is 2.38 bits per heavy atom. The number of hydrogen-bond acceptors (Lipinski definition) is 2. The van der Waals surface area contributed by atoms with Crippen LogP contribution in [0.1, 0.15) is 11.1 Å². The second-order valence-electron chi connectivity index (χ2n) is 3.24. The molecule has 0 aliphatic carbocycles. The summed E-state index contributed by atoms with van der Waals surface area (Å²) in [4.78, 5) is 17.7. The van der Waals surface area contributed by atoms with Crippen molar-refractivity contribution in [2.45, 2.75) is 5.33 Å². The van der Waals surface area contributed by atoms with E-state index in [0.717, 1.165) is 28.2 Å². The van der Waals surface area contributed by atoms with Gasteiger partial charge in [-0.05, 0) is 17.7 Å². The highest BCUT2D eigenvalue weighted by Crippen LogP contribution is 2.22. The Balaban J connectivity index is 2.61. The van der Waals surface area contributed by atoms with Crippen molar-refractivity contribution < 1.29 is 9.90 Å². The molecule has 0 bridgehead atoms. The molecule has 0 atom stereocenters. The molecule has 4 nitrogen and oxygen atoms in total. The number of aromatic amines is 1. The molecule has 1 heterocycles. The molecule has 82 valence electrons. The number of carbonyl (C=O) groups is 1. The number of alkyl halides is 1. The molecule has 5 heteroatoms. The van der Waals surface area contributed by atoms with E-state index in [4.69, 9.17) is 5.11 Å². The number of rotatable bonds is 3. The second kappa shape index (κ2) is 4.49. The van der Waals surface area contributed by atoms with E-state index < -0.39 is 5.97 Å². The van der Waals surface area contributed by atoms with Crippen molar-refractivity contribution in [3.8, 4) is 0 Å². The van der Waals surface area contributed by atoms with Crippen LogP contribution in [-0.4, -0.2) is 21.0 Å². The van der Waals surface area contributed by atoms with Gasteiger partial charge in [-0.1, -0.05) is 22.0 Å². The monoisotopic (exact) mass is 280 g/mol. The zero-order valence-electron chi connectivity index (χ0n) is 8.27. The van der Waals surface area contributed by atoms with Crippen LogP contribution in [0.15, 0.2) is 24.5 Å². The molecule has 0 unspecified atom stereocenters. The number of nitrogens with zero attached hydrogens (tertiary/aromatic N) is 1. The van der Waals surface area contributed by atoms with Crippen LogP contribution in [0.2, 0.25) is 0 Å². The Kier molecular flexibility index (Phi) is 3.05. The van der Waals surface area contributed by atoms with E-state index in [2.05, 4.69) is 25.9 Å². The average molecular weight is 281 g/mol. The molecule has 0 spiro atoms. The van der Waals surface area contributed by atoms with Crippen LogP contribution in [0.25, 0.3) is 17.1 Å². The highest BCUT2D eigenvalue weighted by atomic mass is 79.9. The van der Waals surface area contributed by atoms with E-state index in [1.807, 2.05) is 12.1 Å².